The van der Waals surface area contributed by atoms with E-state index in [1.807, 2.05) is 19.1 Å². The van der Waals surface area contributed by atoms with Gasteiger partial charge >= 0.3 is 11.9 Å². The van der Waals surface area contributed by atoms with Crippen LogP contribution in [0.15, 0.2) is 65.8 Å². The number of hydrogen-bond donors (Lipinski definition) is 0. The molecule has 0 fully saturated rings. The highest BCUT2D eigenvalue weighted by atomic mass is 35.5. The molecular weight excluding hydrogens is 698 g/mol. The Morgan fingerprint density at radius 2 is 1.30 bits per heavy atom. The minimum absolute atomic E-state index is 0.0721. The monoisotopic (exact) mass is 722 g/mol. The van der Waals surface area contributed by atoms with Crippen molar-refractivity contribution >= 4 is 87.2 Å². The standard InChI is InChI=1S/C19H15Cl3N2O2.C13H12Cl2N2O3/c1-3-26-19(25)17-11(2)18(12-4-6-13(20)7-5-12)24(23-17)16-9-8-14(21)10-15(16)22;1-3-20-13(19)11-7(2)12(18)17(16-11)10-5-4-8(14)6-9(10)15/h4-10H,3H2,1-2H3;4-7H,3H2,1-2H3. The highest BCUT2D eigenvalue weighted by molar-refractivity contribution is 6.44. The molecule has 0 bridgehead atoms. The maximum absolute atomic E-state index is 12.3. The number of ether oxygens (including phenoxy) is 2. The molecule has 240 valence electrons. The van der Waals surface area contributed by atoms with Gasteiger partial charge in [-0.1, -0.05) is 70.1 Å². The number of hydrazone groups is 1. The third-order valence-electron chi connectivity index (χ3n) is 6.67. The SMILES string of the molecule is CCOC(=O)C1=NN(c2ccc(Cl)cc2Cl)C(=O)C1C.CCOC(=O)c1nn(-c2ccc(Cl)cc2Cl)c(-c2ccc(Cl)cc2)c1C. The molecule has 0 saturated carbocycles. The van der Waals surface area contributed by atoms with Gasteiger partial charge in [-0.15, -0.1) is 0 Å². The van der Waals surface area contributed by atoms with E-state index >= 15 is 0 Å². The number of aromatic nitrogens is 2. The molecule has 1 aliphatic rings. The summed E-state index contributed by atoms with van der Waals surface area (Å²) < 4.78 is 11.6. The summed E-state index contributed by atoms with van der Waals surface area (Å²) in [5, 5.41) is 11.9. The lowest BCUT2D eigenvalue weighted by atomic mass is 10.1. The maximum Gasteiger partial charge on any atom is 0.359 e. The summed E-state index contributed by atoms with van der Waals surface area (Å²) in [6.45, 7) is 7.35. The van der Waals surface area contributed by atoms with Crippen molar-refractivity contribution in [3.8, 4) is 16.9 Å². The minimum atomic E-state index is -0.666. The molecule has 1 aromatic heterocycles. The number of nitrogens with zero attached hydrogens (tertiary/aromatic N) is 4. The summed E-state index contributed by atoms with van der Waals surface area (Å²) in [4.78, 5) is 36.2. The molecule has 0 radical (unpaired) electrons. The first-order chi connectivity index (χ1) is 21.9. The zero-order chi connectivity index (χ0) is 33.7. The lowest BCUT2D eigenvalue weighted by Gasteiger charge is -2.14. The van der Waals surface area contributed by atoms with E-state index in [9.17, 15) is 14.4 Å². The lowest BCUT2D eigenvalue weighted by Crippen LogP contribution is -2.28. The second-order valence-corrected chi connectivity index (χ2v) is 11.9. The van der Waals surface area contributed by atoms with Crippen LogP contribution in [0.5, 0.6) is 0 Å². The van der Waals surface area contributed by atoms with E-state index in [-0.39, 0.29) is 35.5 Å². The van der Waals surface area contributed by atoms with Crippen molar-refractivity contribution in [1.29, 1.82) is 0 Å². The van der Waals surface area contributed by atoms with Gasteiger partial charge < -0.3 is 9.47 Å². The van der Waals surface area contributed by atoms with Crippen LogP contribution >= 0.6 is 58.0 Å². The van der Waals surface area contributed by atoms with E-state index in [2.05, 4.69) is 10.2 Å². The quantitative estimate of drug-likeness (QED) is 0.177. The number of benzene rings is 3. The first kappa shape index (κ1) is 35.3. The van der Waals surface area contributed by atoms with Gasteiger partial charge in [0.25, 0.3) is 5.91 Å². The molecule has 1 unspecified atom stereocenters. The molecule has 1 aliphatic heterocycles. The molecule has 2 heterocycles. The van der Waals surface area contributed by atoms with Gasteiger partial charge in [-0.05, 0) is 76.2 Å². The number of carbonyl (C=O) groups excluding carboxylic acids is 3. The van der Waals surface area contributed by atoms with E-state index in [1.165, 1.54) is 6.07 Å². The van der Waals surface area contributed by atoms with Crippen LogP contribution in [0.2, 0.25) is 25.1 Å². The number of anilines is 1. The molecule has 1 atom stereocenters. The van der Waals surface area contributed by atoms with Crippen molar-refractivity contribution < 1.29 is 23.9 Å². The Bertz CT molecular complexity index is 1820. The number of carbonyl (C=O) groups is 3. The van der Waals surface area contributed by atoms with Crippen LogP contribution < -0.4 is 5.01 Å². The highest BCUT2D eigenvalue weighted by Crippen LogP contribution is 2.34. The van der Waals surface area contributed by atoms with Crippen molar-refractivity contribution in [2.24, 2.45) is 11.0 Å². The topological polar surface area (TPSA) is 103 Å². The predicted octanol–water partition coefficient (Wildman–Crippen LogP) is 8.88. The zero-order valence-electron chi connectivity index (χ0n) is 25.0. The van der Waals surface area contributed by atoms with Gasteiger partial charge in [0.15, 0.2) is 11.4 Å². The van der Waals surface area contributed by atoms with Crippen LogP contribution in [0.3, 0.4) is 0 Å². The molecule has 46 heavy (non-hydrogen) atoms. The van der Waals surface area contributed by atoms with E-state index in [4.69, 9.17) is 67.5 Å². The van der Waals surface area contributed by atoms with Gasteiger partial charge in [0, 0.05) is 26.2 Å². The summed E-state index contributed by atoms with van der Waals surface area (Å²) >= 11 is 30.2. The molecule has 0 saturated heterocycles. The number of halogens is 5. The van der Waals surface area contributed by atoms with Crippen molar-refractivity contribution in [2.45, 2.75) is 27.7 Å². The fraction of sp³-hybridized carbons (Fsp3) is 0.219. The van der Waals surface area contributed by atoms with E-state index in [0.29, 0.717) is 37.0 Å². The fourth-order valence-corrected chi connectivity index (χ4v) is 5.56. The number of esters is 2. The van der Waals surface area contributed by atoms with Crippen molar-refractivity contribution in [2.75, 3.05) is 18.2 Å². The van der Waals surface area contributed by atoms with Crippen LogP contribution in [-0.4, -0.2) is 46.6 Å². The average molecular weight is 725 g/mol. The second kappa shape index (κ2) is 15.3. The number of hydrogen-bond acceptors (Lipinski definition) is 7. The molecule has 0 N–H and O–H groups in total. The van der Waals surface area contributed by atoms with Gasteiger partial charge in [-0.3, -0.25) is 4.79 Å². The largest absolute Gasteiger partial charge is 0.461 e. The molecule has 5 rings (SSSR count). The highest BCUT2D eigenvalue weighted by Gasteiger charge is 2.38. The van der Waals surface area contributed by atoms with E-state index in [1.54, 1.807) is 67.9 Å². The van der Waals surface area contributed by atoms with Crippen LogP contribution in [-0.2, 0) is 19.1 Å². The normalized spacial score (nSPS) is 14.0. The Kier molecular flexibility index (Phi) is 11.7. The smallest absolute Gasteiger partial charge is 0.359 e. The molecular formula is C32H27Cl5N4O5. The molecule has 14 heteroatoms. The predicted molar refractivity (Wildman–Crippen MR) is 182 cm³/mol. The van der Waals surface area contributed by atoms with E-state index < -0.39 is 17.9 Å². The average Bonchev–Trinajstić information content (AvgIpc) is 3.50. The van der Waals surface area contributed by atoms with Gasteiger partial charge in [0.1, 0.15) is 0 Å². The maximum atomic E-state index is 12.3. The molecule has 3 aromatic carbocycles. The van der Waals surface area contributed by atoms with Gasteiger partial charge in [-0.25, -0.2) is 14.3 Å². The van der Waals surface area contributed by atoms with Crippen LogP contribution in [0, 0.1) is 12.8 Å². The van der Waals surface area contributed by atoms with Crippen LogP contribution in [0.4, 0.5) is 5.69 Å². The summed E-state index contributed by atoms with van der Waals surface area (Å²) in [5.41, 5.74) is 3.57. The number of amides is 1. The summed E-state index contributed by atoms with van der Waals surface area (Å²) in [7, 11) is 0. The van der Waals surface area contributed by atoms with Crippen molar-refractivity contribution in [3.63, 3.8) is 0 Å². The van der Waals surface area contributed by atoms with Crippen LogP contribution in [0.1, 0.15) is 36.8 Å². The second-order valence-electron chi connectivity index (χ2n) is 9.73. The Balaban J connectivity index is 0.000000216. The third kappa shape index (κ3) is 7.67. The molecule has 1 amide bonds. The third-order valence-corrected chi connectivity index (χ3v) is 7.99. The Morgan fingerprint density at radius 3 is 1.85 bits per heavy atom. The fourth-order valence-electron chi connectivity index (χ4n) is 4.46. The summed E-state index contributed by atoms with van der Waals surface area (Å²) in [6.07, 6.45) is 0. The summed E-state index contributed by atoms with van der Waals surface area (Å²) in [6, 6.07) is 17.1. The van der Waals surface area contributed by atoms with E-state index in [0.717, 1.165) is 16.3 Å². The Morgan fingerprint density at radius 1 is 0.783 bits per heavy atom. The first-order valence-electron chi connectivity index (χ1n) is 13.9. The lowest BCUT2D eigenvalue weighted by molar-refractivity contribution is -0.135. The van der Waals surface area contributed by atoms with Crippen molar-refractivity contribution in [3.05, 3.63) is 97.0 Å². The summed E-state index contributed by atoms with van der Waals surface area (Å²) in [5.74, 6) is -2.08. The minimum Gasteiger partial charge on any atom is -0.461 e. The van der Waals surface area contributed by atoms with Crippen molar-refractivity contribution in [1.82, 2.24) is 9.78 Å². The van der Waals surface area contributed by atoms with Gasteiger partial charge in [-0.2, -0.15) is 15.2 Å². The Hall–Kier alpha value is -3.60. The molecule has 9 nitrogen and oxygen atoms in total. The molecule has 0 aliphatic carbocycles. The number of rotatable bonds is 7. The van der Waals surface area contributed by atoms with Gasteiger partial charge in [0.05, 0.1) is 46.2 Å². The molecule has 4 aromatic rings. The Labute approximate surface area is 290 Å². The zero-order valence-corrected chi connectivity index (χ0v) is 28.8. The van der Waals surface area contributed by atoms with Gasteiger partial charge in [0.2, 0.25) is 0 Å². The molecule has 0 spiro atoms. The van der Waals surface area contributed by atoms with Crippen LogP contribution in [0.25, 0.3) is 16.9 Å². The first-order valence-corrected chi connectivity index (χ1v) is 15.8.